The Labute approximate surface area is 201 Å². The molecule has 2 heterocycles. The van der Waals surface area contributed by atoms with Crippen LogP contribution < -0.4 is 0 Å². The Bertz CT molecular complexity index is 1350. The number of quaternary nitrogens is 1. The van der Waals surface area contributed by atoms with Crippen LogP contribution in [0.25, 0.3) is 33.2 Å². The monoisotopic (exact) mass is 541 g/mol. The maximum Gasteiger partial charge on any atom is 0.437 e. The third kappa shape index (κ3) is 5.20. The molecule has 0 bridgehead atoms. The topological polar surface area (TPSA) is 53.2 Å². The van der Waals surface area contributed by atoms with Gasteiger partial charge < -0.3 is 19.3 Å². The van der Waals surface area contributed by atoms with Gasteiger partial charge in [0.05, 0.1) is 32.5 Å². The number of rotatable bonds is 6. The maximum atomic E-state index is 14.2. The minimum absolute atomic E-state index is 0.0528. The van der Waals surface area contributed by atoms with Crippen molar-refractivity contribution in [3.8, 4) is 11.4 Å². The summed E-state index contributed by atoms with van der Waals surface area (Å²) >= 11 is 9.47. The fourth-order valence-corrected chi connectivity index (χ4v) is 4.06. The Hall–Kier alpha value is -2.49. The number of hydrogen-bond acceptors (Lipinski definition) is 2. The molecule has 0 aliphatic heterocycles. The zero-order chi connectivity index (χ0) is 24.0. The Morgan fingerprint density at radius 3 is 2.52 bits per heavy atom. The van der Waals surface area contributed by atoms with Gasteiger partial charge in [-0.2, -0.15) is 13.2 Å². The van der Waals surface area contributed by atoms with Crippen LogP contribution in [-0.4, -0.2) is 60.6 Å². The van der Waals surface area contributed by atoms with Gasteiger partial charge >= 0.3 is 6.18 Å². The van der Waals surface area contributed by atoms with Gasteiger partial charge in [-0.05, 0) is 36.4 Å². The lowest BCUT2D eigenvalue weighted by Crippen LogP contribution is -2.37. The number of nitrogens with one attached hydrogen (secondary N) is 2. The molecule has 0 fully saturated rings. The number of aromatic amines is 2. The van der Waals surface area contributed by atoms with E-state index in [0.29, 0.717) is 32.6 Å². The van der Waals surface area contributed by atoms with Crippen molar-refractivity contribution in [2.24, 2.45) is 5.16 Å². The van der Waals surface area contributed by atoms with Gasteiger partial charge in [0.15, 0.2) is 12.3 Å². The second kappa shape index (κ2) is 8.70. The highest BCUT2D eigenvalue weighted by Crippen LogP contribution is 2.37. The van der Waals surface area contributed by atoms with Crippen molar-refractivity contribution >= 4 is 55.0 Å². The highest BCUT2D eigenvalue weighted by atomic mass is 79.9. The average Bonchev–Trinajstić information content (AvgIpc) is 3.26. The first-order valence-corrected chi connectivity index (χ1v) is 11.3. The zero-order valence-corrected chi connectivity index (χ0v) is 20.5. The van der Waals surface area contributed by atoms with Crippen molar-refractivity contribution in [2.45, 2.75) is 6.18 Å². The molecule has 0 aliphatic rings. The van der Waals surface area contributed by atoms with Gasteiger partial charge in [0.1, 0.15) is 6.54 Å². The standard InChI is InChI=1S/C23H22BrClF3N4O/c1-32(2,3)8-9-33-31-22(23(26,27)28)20-16-6-4-14(24)12-18(16)30-21(20)19-11-13-10-15(25)5-7-17(13)29-19/h4-7,10-12,29-30H,8-9H2,1-3H3/q+1. The number of fused-ring (bicyclic) bond motifs is 2. The van der Waals surface area contributed by atoms with Gasteiger partial charge in [0, 0.05) is 36.9 Å². The number of oxime groups is 1. The molecular formula is C23H22BrClF3N4O+. The van der Waals surface area contributed by atoms with Crippen LogP contribution in [-0.2, 0) is 4.84 Å². The molecule has 0 aliphatic carbocycles. The van der Waals surface area contributed by atoms with E-state index >= 15 is 0 Å². The number of nitrogens with zero attached hydrogens (tertiary/aromatic N) is 2. The first kappa shape index (κ1) is 23.7. The maximum absolute atomic E-state index is 14.2. The van der Waals surface area contributed by atoms with Crippen molar-refractivity contribution in [1.29, 1.82) is 0 Å². The summed E-state index contributed by atoms with van der Waals surface area (Å²) in [6, 6.07) is 12.1. The number of alkyl halides is 3. The molecule has 2 aromatic heterocycles. The van der Waals surface area contributed by atoms with Crippen molar-refractivity contribution in [1.82, 2.24) is 9.97 Å². The third-order valence-electron chi connectivity index (χ3n) is 5.13. The minimum Gasteiger partial charge on any atom is -0.389 e. The summed E-state index contributed by atoms with van der Waals surface area (Å²) in [5.74, 6) is 0. The molecule has 10 heteroatoms. The first-order valence-electron chi connectivity index (χ1n) is 10.1. The Morgan fingerprint density at radius 1 is 1.06 bits per heavy atom. The fourth-order valence-electron chi connectivity index (χ4n) is 3.52. The lowest BCUT2D eigenvalue weighted by molar-refractivity contribution is -0.870. The smallest absolute Gasteiger partial charge is 0.389 e. The molecule has 33 heavy (non-hydrogen) atoms. The van der Waals surface area contributed by atoms with E-state index in [2.05, 4.69) is 31.1 Å². The van der Waals surface area contributed by atoms with E-state index in [-0.39, 0.29) is 17.9 Å². The minimum atomic E-state index is -4.73. The van der Waals surface area contributed by atoms with Crippen LogP contribution in [0, 0.1) is 0 Å². The predicted octanol–water partition coefficient (Wildman–Crippen LogP) is 6.72. The van der Waals surface area contributed by atoms with Crippen molar-refractivity contribution < 1.29 is 22.5 Å². The first-order chi connectivity index (χ1) is 15.4. The van der Waals surface area contributed by atoms with Crippen molar-refractivity contribution in [2.75, 3.05) is 34.3 Å². The molecule has 0 radical (unpaired) electrons. The van der Waals surface area contributed by atoms with Gasteiger partial charge in [-0.1, -0.05) is 38.8 Å². The highest BCUT2D eigenvalue weighted by Gasteiger charge is 2.41. The Morgan fingerprint density at radius 2 is 1.82 bits per heavy atom. The zero-order valence-electron chi connectivity index (χ0n) is 18.1. The van der Waals surface area contributed by atoms with E-state index in [1.807, 2.05) is 21.1 Å². The molecule has 5 nitrogen and oxygen atoms in total. The summed E-state index contributed by atoms with van der Waals surface area (Å²) in [4.78, 5) is 11.5. The van der Waals surface area contributed by atoms with Crippen LogP contribution in [0.1, 0.15) is 5.56 Å². The van der Waals surface area contributed by atoms with Crippen molar-refractivity contribution in [3.05, 3.63) is 57.5 Å². The van der Waals surface area contributed by atoms with Crippen LogP contribution in [0.15, 0.2) is 52.1 Å². The van der Waals surface area contributed by atoms with E-state index in [0.717, 1.165) is 15.4 Å². The largest absolute Gasteiger partial charge is 0.437 e. The molecule has 2 aromatic carbocycles. The van der Waals surface area contributed by atoms with E-state index in [1.54, 1.807) is 42.5 Å². The van der Waals surface area contributed by atoms with Crippen LogP contribution in [0.2, 0.25) is 5.02 Å². The van der Waals surface area contributed by atoms with Crippen LogP contribution in [0.5, 0.6) is 0 Å². The molecule has 174 valence electrons. The van der Waals surface area contributed by atoms with Gasteiger partial charge in [-0.15, -0.1) is 0 Å². The van der Waals surface area contributed by atoms with E-state index in [9.17, 15) is 13.2 Å². The lowest BCUT2D eigenvalue weighted by Gasteiger charge is -2.22. The summed E-state index contributed by atoms with van der Waals surface area (Å²) in [7, 11) is 5.78. The fraction of sp³-hybridized carbons (Fsp3) is 0.261. The number of halogens is 5. The molecule has 0 saturated heterocycles. The number of likely N-dealkylation sites (N-methyl/N-ethyl adjacent to an activating group) is 1. The number of benzene rings is 2. The Kier molecular flexibility index (Phi) is 6.24. The van der Waals surface area contributed by atoms with Crippen LogP contribution >= 0.6 is 27.5 Å². The molecule has 0 unspecified atom stereocenters. The lowest BCUT2D eigenvalue weighted by atomic mass is 10.0. The van der Waals surface area contributed by atoms with Gasteiger partial charge in [0.25, 0.3) is 0 Å². The average molecular weight is 543 g/mol. The summed E-state index contributed by atoms with van der Waals surface area (Å²) < 4.78 is 44.0. The number of aromatic nitrogens is 2. The molecule has 4 rings (SSSR count). The molecule has 0 saturated carbocycles. The second-order valence-electron chi connectivity index (χ2n) is 8.76. The Balaban J connectivity index is 1.89. The summed E-state index contributed by atoms with van der Waals surface area (Å²) in [6.45, 7) is 0.558. The molecule has 0 atom stereocenters. The summed E-state index contributed by atoms with van der Waals surface area (Å²) in [5.41, 5.74) is 0.871. The van der Waals surface area contributed by atoms with E-state index in [1.165, 1.54) is 0 Å². The van der Waals surface area contributed by atoms with Gasteiger partial charge in [-0.25, -0.2) is 0 Å². The molecule has 4 aromatic rings. The third-order valence-corrected chi connectivity index (χ3v) is 5.86. The molecule has 0 amide bonds. The predicted molar refractivity (Wildman–Crippen MR) is 130 cm³/mol. The second-order valence-corrected chi connectivity index (χ2v) is 10.1. The quantitative estimate of drug-likeness (QED) is 0.121. The van der Waals surface area contributed by atoms with Crippen molar-refractivity contribution in [3.63, 3.8) is 0 Å². The molecule has 2 N–H and O–H groups in total. The highest BCUT2D eigenvalue weighted by molar-refractivity contribution is 9.10. The molecule has 0 spiro atoms. The van der Waals surface area contributed by atoms with Crippen LogP contribution in [0.4, 0.5) is 13.2 Å². The summed E-state index contributed by atoms with van der Waals surface area (Å²) in [5, 5.41) is 5.29. The summed E-state index contributed by atoms with van der Waals surface area (Å²) in [6.07, 6.45) is -4.73. The number of H-pyrrole nitrogens is 2. The van der Waals surface area contributed by atoms with E-state index in [4.69, 9.17) is 16.4 Å². The normalized spacial score (nSPS) is 13.3. The molecular weight excluding hydrogens is 521 g/mol. The number of hydrogen-bond donors (Lipinski definition) is 2. The van der Waals surface area contributed by atoms with Gasteiger partial charge in [-0.3, -0.25) is 0 Å². The van der Waals surface area contributed by atoms with Crippen LogP contribution in [0.3, 0.4) is 0 Å². The SMILES string of the molecule is C[N+](C)(C)CCON=C(c1c(-c2cc3cc(Cl)ccc3[nH]2)[nH]c2cc(Br)ccc12)C(F)(F)F. The van der Waals surface area contributed by atoms with E-state index < -0.39 is 11.9 Å². The van der Waals surface area contributed by atoms with Gasteiger partial charge in [0.2, 0.25) is 0 Å².